The van der Waals surface area contributed by atoms with Crippen LogP contribution in [0.5, 0.6) is 0 Å². The van der Waals surface area contributed by atoms with Crippen molar-refractivity contribution in [2.24, 2.45) is 5.41 Å². The number of benzene rings is 1. The lowest BCUT2D eigenvalue weighted by Crippen LogP contribution is -2.61. The van der Waals surface area contributed by atoms with Gasteiger partial charge in [-0.05, 0) is 25.0 Å². The first-order valence-corrected chi connectivity index (χ1v) is 8.31. The van der Waals surface area contributed by atoms with E-state index in [2.05, 4.69) is 21.4 Å². The molecule has 130 valence electrons. The highest BCUT2D eigenvalue weighted by atomic mass is 19.1. The van der Waals surface area contributed by atoms with Crippen molar-refractivity contribution in [1.82, 2.24) is 14.9 Å². The first-order valence-electron chi connectivity index (χ1n) is 8.31. The van der Waals surface area contributed by atoms with E-state index in [1.54, 1.807) is 12.1 Å². The first kappa shape index (κ1) is 15.8. The van der Waals surface area contributed by atoms with E-state index in [0.717, 1.165) is 25.9 Å². The van der Waals surface area contributed by atoms with E-state index in [4.69, 9.17) is 5.11 Å². The van der Waals surface area contributed by atoms with Crippen LogP contribution >= 0.6 is 0 Å². The Hall–Kier alpha value is -2.70. The van der Waals surface area contributed by atoms with Crippen molar-refractivity contribution >= 4 is 28.9 Å². The lowest BCUT2D eigenvalue weighted by atomic mass is 9.72. The topological polar surface area (TPSA) is 69.6 Å². The van der Waals surface area contributed by atoms with Crippen molar-refractivity contribution < 1.29 is 14.3 Å². The number of carbonyl (C=O) groups is 1. The van der Waals surface area contributed by atoms with Crippen molar-refractivity contribution in [3.05, 3.63) is 36.4 Å². The van der Waals surface area contributed by atoms with Crippen molar-refractivity contribution in [1.29, 1.82) is 0 Å². The maximum Gasteiger partial charge on any atom is 0.407 e. The summed E-state index contributed by atoms with van der Waals surface area (Å²) < 4.78 is 14.8. The normalized spacial score (nSPS) is 19.1. The third kappa shape index (κ3) is 2.50. The molecule has 0 bridgehead atoms. The Morgan fingerprint density at radius 2 is 2.00 bits per heavy atom. The SMILES string of the molecule is C=Cc1ccc2ncnc(N3CC4(CCN(C(=O)O)CC4)C3)c2c1F. The number of carboxylic acid groups (broad SMARTS) is 1. The van der Waals surface area contributed by atoms with Gasteiger partial charge in [-0.3, -0.25) is 0 Å². The second kappa shape index (κ2) is 5.68. The average molecular weight is 342 g/mol. The van der Waals surface area contributed by atoms with Crippen LogP contribution in [0.2, 0.25) is 0 Å². The Morgan fingerprint density at radius 1 is 1.28 bits per heavy atom. The number of nitrogens with zero attached hydrogens (tertiary/aromatic N) is 4. The molecule has 4 rings (SSSR count). The van der Waals surface area contributed by atoms with E-state index < -0.39 is 6.09 Å². The van der Waals surface area contributed by atoms with E-state index in [1.165, 1.54) is 17.3 Å². The average Bonchev–Trinajstić information content (AvgIpc) is 2.59. The van der Waals surface area contributed by atoms with Gasteiger partial charge in [0.25, 0.3) is 0 Å². The van der Waals surface area contributed by atoms with Gasteiger partial charge in [0.15, 0.2) is 0 Å². The molecule has 2 aliphatic rings. The Bertz CT molecular complexity index is 854. The number of likely N-dealkylation sites (tertiary alicyclic amines) is 1. The number of piperidine rings is 1. The van der Waals surface area contributed by atoms with Crippen molar-refractivity contribution in [3.63, 3.8) is 0 Å². The predicted octanol–water partition coefficient (Wildman–Crippen LogP) is 2.99. The first-order chi connectivity index (χ1) is 12.0. The van der Waals surface area contributed by atoms with Gasteiger partial charge in [0.05, 0.1) is 10.9 Å². The van der Waals surface area contributed by atoms with Crippen molar-refractivity contribution in [2.75, 3.05) is 31.1 Å². The molecule has 1 spiro atoms. The molecule has 3 heterocycles. The Morgan fingerprint density at radius 3 is 2.64 bits per heavy atom. The molecule has 0 atom stereocenters. The zero-order chi connectivity index (χ0) is 17.6. The molecule has 25 heavy (non-hydrogen) atoms. The quantitative estimate of drug-likeness (QED) is 0.908. The summed E-state index contributed by atoms with van der Waals surface area (Å²) in [5.74, 6) is 0.266. The minimum Gasteiger partial charge on any atom is -0.465 e. The van der Waals surface area contributed by atoms with E-state index in [-0.39, 0.29) is 11.2 Å². The molecule has 2 aromatic rings. The molecule has 0 aliphatic carbocycles. The van der Waals surface area contributed by atoms with Gasteiger partial charge in [0, 0.05) is 37.2 Å². The largest absolute Gasteiger partial charge is 0.465 e. The predicted molar refractivity (Wildman–Crippen MR) is 93.1 cm³/mol. The van der Waals surface area contributed by atoms with E-state index >= 15 is 0 Å². The molecule has 1 N–H and O–H groups in total. The molecular weight excluding hydrogens is 323 g/mol. The Labute approximate surface area is 144 Å². The third-order valence-electron chi connectivity index (χ3n) is 5.42. The van der Waals surface area contributed by atoms with Gasteiger partial charge in [-0.1, -0.05) is 12.7 Å². The number of rotatable bonds is 2. The molecule has 1 amide bonds. The minimum absolute atomic E-state index is 0.107. The zero-order valence-corrected chi connectivity index (χ0v) is 13.8. The van der Waals surface area contributed by atoms with Crippen molar-refractivity contribution in [3.8, 4) is 0 Å². The van der Waals surface area contributed by atoms with Gasteiger partial charge < -0.3 is 14.9 Å². The molecule has 0 radical (unpaired) electrons. The summed E-state index contributed by atoms with van der Waals surface area (Å²) in [5.41, 5.74) is 1.12. The van der Waals surface area contributed by atoms with Crippen LogP contribution < -0.4 is 4.90 Å². The molecule has 1 aromatic carbocycles. The lowest BCUT2D eigenvalue weighted by molar-refractivity contribution is 0.0708. The van der Waals surface area contributed by atoms with Crippen LogP contribution in [0.25, 0.3) is 17.0 Å². The second-order valence-electron chi connectivity index (χ2n) is 6.89. The van der Waals surface area contributed by atoms with Crippen LogP contribution in [0.4, 0.5) is 15.0 Å². The zero-order valence-electron chi connectivity index (χ0n) is 13.8. The summed E-state index contributed by atoms with van der Waals surface area (Å²) in [6.45, 7) is 6.30. The number of aromatic nitrogens is 2. The summed E-state index contributed by atoms with van der Waals surface area (Å²) >= 11 is 0. The van der Waals surface area contributed by atoms with Crippen LogP contribution in [0.15, 0.2) is 25.0 Å². The second-order valence-corrected chi connectivity index (χ2v) is 6.89. The monoisotopic (exact) mass is 342 g/mol. The van der Waals surface area contributed by atoms with Crippen LogP contribution in [0.3, 0.4) is 0 Å². The molecule has 0 saturated carbocycles. The molecule has 2 saturated heterocycles. The Kier molecular flexibility index (Phi) is 3.59. The lowest BCUT2D eigenvalue weighted by Gasteiger charge is -2.54. The van der Waals surface area contributed by atoms with Crippen LogP contribution in [-0.2, 0) is 0 Å². The van der Waals surface area contributed by atoms with E-state index in [9.17, 15) is 9.18 Å². The fourth-order valence-corrected chi connectivity index (χ4v) is 3.91. The summed E-state index contributed by atoms with van der Waals surface area (Å²) in [6.07, 6.45) is 3.76. The van der Waals surface area contributed by atoms with Gasteiger partial charge >= 0.3 is 6.09 Å². The summed E-state index contributed by atoms with van der Waals surface area (Å²) in [6, 6.07) is 3.45. The van der Waals surface area contributed by atoms with E-state index in [1.807, 2.05) is 0 Å². The highest BCUT2D eigenvalue weighted by Gasteiger charge is 2.46. The van der Waals surface area contributed by atoms with Gasteiger partial charge in [0.2, 0.25) is 0 Å². The van der Waals surface area contributed by atoms with Crippen LogP contribution in [0, 0.1) is 11.2 Å². The van der Waals surface area contributed by atoms with Gasteiger partial charge in [-0.15, -0.1) is 0 Å². The maximum absolute atomic E-state index is 14.8. The number of anilines is 1. The van der Waals surface area contributed by atoms with Gasteiger partial charge in [-0.2, -0.15) is 0 Å². The minimum atomic E-state index is -0.855. The summed E-state index contributed by atoms with van der Waals surface area (Å²) in [5, 5.41) is 9.50. The Balaban J connectivity index is 1.59. The molecule has 6 nitrogen and oxygen atoms in total. The fourth-order valence-electron chi connectivity index (χ4n) is 3.91. The van der Waals surface area contributed by atoms with Crippen molar-refractivity contribution in [2.45, 2.75) is 12.8 Å². The molecular formula is C18H19FN4O2. The van der Waals surface area contributed by atoms with Crippen LogP contribution in [0.1, 0.15) is 18.4 Å². The highest BCUT2D eigenvalue weighted by Crippen LogP contribution is 2.43. The number of amides is 1. The number of hydrogen-bond donors (Lipinski definition) is 1. The summed E-state index contributed by atoms with van der Waals surface area (Å²) in [4.78, 5) is 23.1. The fraction of sp³-hybridized carbons (Fsp3) is 0.389. The van der Waals surface area contributed by atoms with Crippen LogP contribution in [-0.4, -0.2) is 52.2 Å². The molecule has 2 aliphatic heterocycles. The number of fused-ring (bicyclic) bond motifs is 1. The van der Waals surface area contributed by atoms with Gasteiger partial charge in [-0.25, -0.2) is 19.2 Å². The smallest absolute Gasteiger partial charge is 0.407 e. The number of hydrogen-bond acceptors (Lipinski definition) is 4. The summed E-state index contributed by atoms with van der Waals surface area (Å²) in [7, 11) is 0. The molecule has 2 fully saturated rings. The molecule has 1 aromatic heterocycles. The van der Waals surface area contributed by atoms with E-state index in [0.29, 0.717) is 35.4 Å². The number of halogens is 1. The maximum atomic E-state index is 14.8. The highest BCUT2D eigenvalue weighted by molar-refractivity contribution is 5.92. The molecule has 0 unspecified atom stereocenters. The molecule has 7 heteroatoms. The van der Waals surface area contributed by atoms with Gasteiger partial charge in [0.1, 0.15) is 18.0 Å². The standard InChI is InChI=1S/C18H19FN4O2/c1-2-12-3-4-13-14(15(12)19)16(21-11-20-13)23-9-18(10-23)5-7-22(8-6-18)17(24)25/h2-4,11H,1,5-10H2,(H,24,25). The third-order valence-corrected chi connectivity index (χ3v) is 5.42.